The highest BCUT2D eigenvalue weighted by Gasteiger charge is 1.73. The lowest BCUT2D eigenvalue weighted by molar-refractivity contribution is -0.392. The third-order valence-electron chi connectivity index (χ3n) is 0.166. The van der Waals surface area contributed by atoms with E-state index in [1.54, 1.807) is 0 Å². The van der Waals surface area contributed by atoms with Crippen LogP contribution in [0.15, 0.2) is 0 Å². The molecule has 0 aromatic rings. The minimum atomic E-state index is -0.0556. The van der Waals surface area contributed by atoms with Crippen LogP contribution in [0.4, 0.5) is 0 Å². The van der Waals surface area contributed by atoms with Crippen LogP contribution in [-0.2, 0) is 17.6 Å². The van der Waals surface area contributed by atoms with Gasteiger partial charge in [0.2, 0.25) is 0 Å². The second kappa shape index (κ2) is 2.23. The molecule has 0 bridgehead atoms. The Hall–Kier alpha value is -0.0200. The fraction of sp³-hybridized carbons (Fsp3) is 0.500. The average Bonchev–Trinajstić information content (AvgIpc) is 1.38. The quantitative estimate of drug-likeness (QED) is 0.370. The van der Waals surface area contributed by atoms with Crippen molar-refractivity contribution in [1.82, 2.24) is 0 Å². The fourth-order valence-electron chi connectivity index (χ4n) is 0. The van der Waals surface area contributed by atoms with Gasteiger partial charge in [-0.2, -0.15) is 0 Å². The number of hydrogen-bond donors (Lipinski definition) is 1. The summed E-state index contributed by atoms with van der Waals surface area (Å²) in [6.45, 7) is 1.42. The second-order valence-corrected chi connectivity index (χ2v) is 0.964. The minimum Gasteiger partial charge on any atom is -0.489 e. The molecule has 0 spiro atoms. The minimum absolute atomic E-state index is 0.0556. The van der Waals surface area contributed by atoms with Crippen LogP contribution in [0.25, 0.3) is 0 Å². The smallest absolute Gasteiger partial charge is 0.289 e. The lowest BCUT2D eigenvalue weighted by Gasteiger charge is -1.87. The molecule has 2 N–H and O–H groups in total. The number of hydrogen-bond acceptors (Lipinski definition) is 2. The van der Waals surface area contributed by atoms with Gasteiger partial charge in [-0.1, -0.05) is 0 Å². The molecule has 3 heteroatoms. The Labute approximate surface area is 36.1 Å². The van der Waals surface area contributed by atoms with Gasteiger partial charge in [0.05, 0.1) is 6.92 Å². The molecule has 0 heterocycles. The van der Waals surface area contributed by atoms with Crippen molar-refractivity contribution in [2.75, 3.05) is 0 Å². The summed E-state index contributed by atoms with van der Waals surface area (Å²) in [4.78, 5) is 9.65. The van der Waals surface area contributed by atoms with Gasteiger partial charge in [0.25, 0.3) is 5.91 Å². The van der Waals surface area contributed by atoms with Crippen molar-refractivity contribution < 1.29 is 9.52 Å². The standard InChI is InChI=1S/C2H5NOS/c1-2(4)3-5/h3H2,1H3. The van der Waals surface area contributed by atoms with Crippen LogP contribution in [0.5, 0.6) is 0 Å². The molecular formula is C2H5NOS. The van der Waals surface area contributed by atoms with Crippen LogP contribution in [0, 0.1) is 0 Å². The van der Waals surface area contributed by atoms with Crippen molar-refractivity contribution in [2.24, 2.45) is 0 Å². The Bertz CT molecular complexity index is 44.9. The first kappa shape index (κ1) is 4.98. The van der Waals surface area contributed by atoms with Crippen molar-refractivity contribution in [3.63, 3.8) is 0 Å². The molecule has 30 valence electrons. The summed E-state index contributed by atoms with van der Waals surface area (Å²) in [6, 6.07) is 0. The SMILES string of the molecule is CC(=O)[NH2+][S-]. The number of primary amides is 1. The maximum Gasteiger partial charge on any atom is 0.289 e. The third-order valence-corrected chi connectivity index (χ3v) is 0.498. The number of carbonyl (C=O) groups is 1. The summed E-state index contributed by atoms with van der Waals surface area (Å²) in [7, 11) is 0. The number of nitrogens with two attached hydrogens (primary N) is 1. The van der Waals surface area contributed by atoms with Crippen molar-refractivity contribution in [1.29, 1.82) is 0 Å². The van der Waals surface area contributed by atoms with Crippen LogP contribution in [0.1, 0.15) is 6.92 Å². The van der Waals surface area contributed by atoms with Crippen LogP contribution in [0.2, 0.25) is 0 Å². The van der Waals surface area contributed by atoms with E-state index in [4.69, 9.17) is 0 Å². The van der Waals surface area contributed by atoms with Crippen molar-refractivity contribution in [2.45, 2.75) is 6.92 Å². The van der Waals surface area contributed by atoms with Gasteiger partial charge in [0.1, 0.15) is 0 Å². The normalized spacial score (nSPS) is 7.60. The molecular weight excluding hydrogens is 86.1 g/mol. The Morgan fingerprint density at radius 3 is 2.20 bits per heavy atom. The Balaban J connectivity index is 2.85. The maximum atomic E-state index is 9.65. The molecule has 0 atom stereocenters. The molecule has 0 aliphatic rings. The summed E-state index contributed by atoms with van der Waals surface area (Å²) in [5, 5.41) is 0. The van der Waals surface area contributed by atoms with E-state index in [1.807, 2.05) is 0 Å². The van der Waals surface area contributed by atoms with Gasteiger partial charge in [-0.3, -0.25) is 0 Å². The van der Waals surface area contributed by atoms with E-state index in [0.29, 0.717) is 0 Å². The molecule has 0 unspecified atom stereocenters. The lowest BCUT2D eigenvalue weighted by atomic mass is 10.8. The summed E-state index contributed by atoms with van der Waals surface area (Å²) in [5.74, 6) is -0.0556. The topological polar surface area (TPSA) is 33.7 Å². The van der Waals surface area contributed by atoms with Gasteiger partial charge < -0.3 is 17.5 Å². The number of carbonyl (C=O) groups excluding carboxylic acids is 1. The molecule has 1 amide bonds. The third kappa shape index (κ3) is 3.98. The molecule has 0 radical (unpaired) electrons. The zero-order chi connectivity index (χ0) is 4.28. The molecule has 0 aliphatic carbocycles. The van der Waals surface area contributed by atoms with Gasteiger partial charge in [0, 0.05) is 0 Å². The number of rotatable bonds is 0. The molecule has 0 rings (SSSR count). The van der Waals surface area contributed by atoms with E-state index in [9.17, 15) is 4.79 Å². The monoisotopic (exact) mass is 91.0 g/mol. The van der Waals surface area contributed by atoms with E-state index < -0.39 is 0 Å². The zero-order valence-electron chi connectivity index (χ0n) is 2.89. The highest BCUT2D eigenvalue weighted by atomic mass is 32.1. The zero-order valence-corrected chi connectivity index (χ0v) is 3.71. The molecule has 0 aromatic carbocycles. The first-order valence-corrected chi connectivity index (χ1v) is 1.70. The molecule has 0 saturated heterocycles. The highest BCUT2D eigenvalue weighted by molar-refractivity contribution is 7.51. The first-order chi connectivity index (χ1) is 2.27. The summed E-state index contributed by atoms with van der Waals surface area (Å²) in [5.41, 5.74) is 0. The van der Waals surface area contributed by atoms with Crippen LogP contribution in [0.3, 0.4) is 0 Å². The summed E-state index contributed by atoms with van der Waals surface area (Å²) >= 11 is 4.20. The van der Waals surface area contributed by atoms with Crippen LogP contribution < -0.4 is 4.72 Å². The molecule has 0 aliphatic heterocycles. The number of quaternary nitrogens is 1. The van der Waals surface area contributed by atoms with Crippen LogP contribution >= 0.6 is 0 Å². The van der Waals surface area contributed by atoms with Gasteiger partial charge in [-0.25, -0.2) is 4.79 Å². The Morgan fingerprint density at radius 2 is 2.20 bits per heavy atom. The maximum absolute atomic E-state index is 9.65. The van der Waals surface area contributed by atoms with Gasteiger partial charge >= 0.3 is 0 Å². The molecule has 5 heavy (non-hydrogen) atoms. The largest absolute Gasteiger partial charge is 0.489 e. The van der Waals surface area contributed by atoms with Gasteiger partial charge in [-0.15, -0.1) is 0 Å². The van der Waals surface area contributed by atoms with E-state index in [2.05, 4.69) is 12.8 Å². The van der Waals surface area contributed by atoms with Gasteiger partial charge in [0.15, 0.2) is 0 Å². The second-order valence-electron chi connectivity index (χ2n) is 0.729. The van der Waals surface area contributed by atoms with Crippen molar-refractivity contribution in [3.8, 4) is 0 Å². The van der Waals surface area contributed by atoms with E-state index in [1.165, 1.54) is 6.92 Å². The highest BCUT2D eigenvalue weighted by Crippen LogP contribution is 1.32. The van der Waals surface area contributed by atoms with E-state index >= 15 is 0 Å². The Morgan fingerprint density at radius 1 is 2.00 bits per heavy atom. The molecule has 0 fully saturated rings. The number of amides is 1. The summed E-state index contributed by atoms with van der Waals surface area (Å²) < 4.78 is 1.11. The van der Waals surface area contributed by atoms with Crippen LogP contribution in [-0.4, -0.2) is 5.91 Å². The first-order valence-electron chi connectivity index (χ1n) is 1.23. The fourth-order valence-corrected chi connectivity index (χ4v) is 0. The lowest BCUT2D eigenvalue weighted by Crippen LogP contribution is -2.81. The predicted octanol–water partition coefficient (Wildman–Crippen LogP) is -1.44. The van der Waals surface area contributed by atoms with Crippen molar-refractivity contribution >= 4 is 18.7 Å². The molecule has 0 aromatic heterocycles. The Kier molecular flexibility index (Phi) is 2.22. The van der Waals surface area contributed by atoms with E-state index in [-0.39, 0.29) is 5.91 Å². The summed E-state index contributed by atoms with van der Waals surface area (Å²) in [6.07, 6.45) is 0. The molecule has 0 saturated carbocycles. The van der Waals surface area contributed by atoms with Gasteiger partial charge in [-0.05, 0) is 0 Å². The predicted molar refractivity (Wildman–Crippen MR) is 20.0 cm³/mol. The molecule has 2 nitrogen and oxygen atoms in total. The average molecular weight is 91.1 g/mol. The van der Waals surface area contributed by atoms with E-state index in [0.717, 1.165) is 4.72 Å². The van der Waals surface area contributed by atoms with Crippen molar-refractivity contribution in [3.05, 3.63) is 0 Å².